The van der Waals surface area contributed by atoms with Crippen LogP contribution in [0.3, 0.4) is 0 Å². The molecule has 0 aliphatic carbocycles. The van der Waals surface area contributed by atoms with Crippen LogP contribution in [0.5, 0.6) is 11.5 Å². The third-order valence-electron chi connectivity index (χ3n) is 4.44. The Morgan fingerprint density at radius 1 is 1.22 bits per heavy atom. The fourth-order valence-corrected chi connectivity index (χ4v) is 3.29. The number of rotatable bonds is 4. The maximum Gasteiger partial charge on any atom is 0.255 e. The number of carbonyl (C=O) groups is 1. The van der Waals surface area contributed by atoms with E-state index in [1.165, 1.54) is 13.2 Å². The van der Waals surface area contributed by atoms with Gasteiger partial charge in [-0.05, 0) is 55.4 Å². The van der Waals surface area contributed by atoms with E-state index in [-0.39, 0.29) is 11.7 Å². The molecule has 1 aliphatic heterocycles. The van der Waals surface area contributed by atoms with E-state index in [2.05, 4.69) is 16.0 Å². The van der Waals surface area contributed by atoms with Crippen LogP contribution in [0.1, 0.15) is 24.1 Å². The summed E-state index contributed by atoms with van der Waals surface area (Å²) in [5.74, 6) is 0.126. The van der Waals surface area contributed by atoms with Crippen molar-refractivity contribution in [1.29, 1.82) is 0 Å². The zero-order valence-corrected chi connectivity index (χ0v) is 16.1. The molecule has 0 aromatic heterocycles. The molecule has 0 radical (unpaired) electrons. The normalized spacial score (nSPS) is 16.4. The van der Waals surface area contributed by atoms with Crippen LogP contribution in [0.25, 0.3) is 0 Å². The van der Waals surface area contributed by atoms with E-state index >= 15 is 0 Å². The fourth-order valence-electron chi connectivity index (χ4n) is 3.02. The van der Waals surface area contributed by atoms with Gasteiger partial charge in [0.1, 0.15) is 0 Å². The van der Waals surface area contributed by atoms with E-state index in [9.17, 15) is 9.90 Å². The van der Waals surface area contributed by atoms with Crippen LogP contribution < -0.4 is 20.7 Å². The van der Waals surface area contributed by atoms with E-state index in [4.69, 9.17) is 17.0 Å². The van der Waals surface area contributed by atoms with E-state index in [0.717, 1.165) is 16.8 Å². The number of thiocarbonyl (C=S) groups is 1. The van der Waals surface area contributed by atoms with E-state index in [0.29, 0.717) is 22.1 Å². The lowest BCUT2D eigenvalue weighted by Crippen LogP contribution is -2.45. The molecule has 1 aliphatic rings. The van der Waals surface area contributed by atoms with Crippen LogP contribution in [0, 0.1) is 6.92 Å². The van der Waals surface area contributed by atoms with Crippen LogP contribution in [-0.2, 0) is 4.79 Å². The number of hydrogen-bond donors (Lipinski definition) is 4. The Morgan fingerprint density at radius 3 is 2.67 bits per heavy atom. The number of hydrogen-bond acceptors (Lipinski definition) is 4. The lowest BCUT2D eigenvalue weighted by atomic mass is 9.94. The third kappa shape index (κ3) is 3.88. The van der Waals surface area contributed by atoms with Gasteiger partial charge in [0.2, 0.25) is 0 Å². The van der Waals surface area contributed by atoms with E-state index in [1.807, 2.05) is 38.1 Å². The second-order valence-electron chi connectivity index (χ2n) is 6.27. The van der Waals surface area contributed by atoms with Crippen molar-refractivity contribution in [3.63, 3.8) is 0 Å². The number of methoxy groups -OCH3 is 1. The molecule has 1 amide bonds. The van der Waals surface area contributed by atoms with Crippen LogP contribution in [0.4, 0.5) is 5.69 Å². The third-order valence-corrected chi connectivity index (χ3v) is 4.66. The van der Waals surface area contributed by atoms with Gasteiger partial charge in [0, 0.05) is 11.4 Å². The van der Waals surface area contributed by atoms with Crippen LogP contribution >= 0.6 is 12.2 Å². The number of para-hydroxylation sites is 1. The van der Waals surface area contributed by atoms with Crippen molar-refractivity contribution in [2.75, 3.05) is 12.4 Å². The largest absolute Gasteiger partial charge is 0.504 e. The highest BCUT2D eigenvalue weighted by Gasteiger charge is 2.30. The lowest BCUT2D eigenvalue weighted by molar-refractivity contribution is -0.113. The smallest absolute Gasteiger partial charge is 0.255 e. The molecule has 1 heterocycles. The average Bonchev–Trinajstić information content (AvgIpc) is 2.63. The van der Waals surface area contributed by atoms with E-state index < -0.39 is 6.04 Å². The number of amides is 1. The van der Waals surface area contributed by atoms with Gasteiger partial charge in [-0.3, -0.25) is 4.79 Å². The molecule has 2 aromatic carbocycles. The Kier molecular flexibility index (Phi) is 5.32. The van der Waals surface area contributed by atoms with Gasteiger partial charge < -0.3 is 25.8 Å². The number of aromatic hydroxyl groups is 1. The molecular weight excluding hydrogens is 362 g/mol. The van der Waals surface area contributed by atoms with Gasteiger partial charge in [-0.25, -0.2) is 0 Å². The second-order valence-corrected chi connectivity index (χ2v) is 6.68. The summed E-state index contributed by atoms with van der Waals surface area (Å²) in [6, 6.07) is 12.1. The summed E-state index contributed by atoms with van der Waals surface area (Å²) in [5.41, 5.74) is 3.65. The monoisotopic (exact) mass is 383 g/mol. The summed E-state index contributed by atoms with van der Waals surface area (Å²) < 4.78 is 5.19. The Hall–Kier alpha value is -3.06. The molecule has 0 unspecified atom stereocenters. The van der Waals surface area contributed by atoms with Crippen molar-refractivity contribution in [2.24, 2.45) is 0 Å². The van der Waals surface area contributed by atoms with E-state index in [1.54, 1.807) is 12.1 Å². The maximum absolute atomic E-state index is 13.1. The molecule has 27 heavy (non-hydrogen) atoms. The first kappa shape index (κ1) is 18.7. The number of phenols is 1. The number of phenolic OH excluding ortho intramolecular Hbond substituents is 1. The zero-order valence-electron chi connectivity index (χ0n) is 15.3. The first-order valence-corrected chi connectivity index (χ1v) is 8.83. The highest BCUT2D eigenvalue weighted by Crippen LogP contribution is 2.34. The van der Waals surface area contributed by atoms with Gasteiger partial charge in [0.25, 0.3) is 5.91 Å². The highest BCUT2D eigenvalue weighted by atomic mass is 32.1. The summed E-state index contributed by atoms with van der Waals surface area (Å²) in [7, 11) is 1.48. The van der Waals surface area contributed by atoms with Gasteiger partial charge in [0.15, 0.2) is 16.6 Å². The minimum absolute atomic E-state index is 0.0318. The van der Waals surface area contributed by atoms with Crippen molar-refractivity contribution in [2.45, 2.75) is 19.9 Å². The first-order chi connectivity index (χ1) is 12.9. The number of aryl methyl sites for hydroxylation is 1. The summed E-state index contributed by atoms with van der Waals surface area (Å²) >= 11 is 5.27. The number of benzene rings is 2. The number of anilines is 1. The first-order valence-electron chi connectivity index (χ1n) is 8.43. The molecule has 0 saturated heterocycles. The average molecular weight is 383 g/mol. The summed E-state index contributed by atoms with van der Waals surface area (Å²) in [4.78, 5) is 13.1. The van der Waals surface area contributed by atoms with Gasteiger partial charge in [-0.1, -0.05) is 24.3 Å². The number of allylic oxidation sites excluding steroid dienone is 1. The molecule has 4 N–H and O–H groups in total. The molecule has 0 saturated carbocycles. The zero-order chi connectivity index (χ0) is 19.6. The van der Waals surface area contributed by atoms with Crippen molar-refractivity contribution in [1.82, 2.24) is 10.6 Å². The molecule has 2 aromatic rings. The Bertz CT molecular complexity index is 940. The highest BCUT2D eigenvalue weighted by molar-refractivity contribution is 7.80. The maximum atomic E-state index is 13.1. The Morgan fingerprint density at radius 2 is 1.96 bits per heavy atom. The molecular formula is C20H21N3O3S. The SMILES string of the molecule is COc1cc([C@@H]2NC(=S)NC(C)=C2C(=O)Nc2ccccc2C)ccc1O. The summed E-state index contributed by atoms with van der Waals surface area (Å²) in [6.45, 7) is 3.75. The number of carbonyl (C=O) groups excluding carboxylic acids is 1. The quantitative estimate of drug-likeness (QED) is 0.607. The van der Waals surface area contributed by atoms with Crippen molar-refractivity contribution in [3.8, 4) is 11.5 Å². The topological polar surface area (TPSA) is 82.6 Å². The number of nitrogens with one attached hydrogen (secondary N) is 3. The lowest BCUT2D eigenvalue weighted by Gasteiger charge is -2.30. The Balaban J connectivity index is 1.99. The van der Waals surface area contributed by atoms with Crippen molar-refractivity contribution < 1.29 is 14.6 Å². The van der Waals surface area contributed by atoms with Crippen LogP contribution in [-0.4, -0.2) is 23.2 Å². The van der Waals surface area contributed by atoms with Gasteiger partial charge in [-0.15, -0.1) is 0 Å². The molecule has 7 heteroatoms. The molecule has 0 fully saturated rings. The minimum Gasteiger partial charge on any atom is -0.504 e. The van der Waals surface area contributed by atoms with Gasteiger partial charge in [-0.2, -0.15) is 0 Å². The number of ether oxygens (including phenoxy) is 1. The summed E-state index contributed by atoms with van der Waals surface area (Å²) in [6.07, 6.45) is 0. The van der Waals surface area contributed by atoms with Crippen molar-refractivity contribution in [3.05, 3.63) is 64.9 Å². The molecule has 140 valence electrons. The molecule has 6 nitrogen and oxygen atoms in total. The molecule has 3 rings (SSSR count). The summed E-state index contributed by atoms with van der Waals surface area (Å²) in [5, 5.41) is 19.4. The second kappa shape index (κ2) is 7.67. The van der Waals surface area contributed by atoms with Crippen LogP contribution in [0.2, 0.25) is 0 Å². The van der Waals surface area contributed by atoms with Crippen LogP contribution in [0.15, 0.2) is 53.7 Å². The van der Waals surface area contributed by atoms with Crippen molar-refractivity contribution >= 4 is 28.9 Å². The van der Waals surface area contributed by atoms with Gasteiger partial charge in [0.05, 0.1) is 18.7 Å². The van der Waals surface area contributed by atoms with Gasteiger partial charge >= 0.3 is 0 Å². The fraction of sp³-hybridized carbons (Fsp3) is 0.200. The predicted octanol–water partition coefficient (Wildman–Crippen LogP) is 3.14. The molecule has 1 atom stereocenters. The minimum atomic E-state index is -0.475. The molecule has 0 spiro atoms. The predicted molar refractivity (Wildman–Crippen MR) is 109 cm³/mol. The standard InChI is InChI=1S/C20H21N3O3S/c1-11-6-4-5-7-14(11)22-19(25)17-12(2)21-20(27)23-18(17)13-8-9-15(24)16(10-13)26-3/h4-10,18,24H,1-3H3,(H,22,25)(H2,21,23,27)/t18-/m0/s1. The Labute approximate surface area is 163 Å². The molecule has 0 bridgehead atoms.